The number of fused-ring (bicyclic) bond motifs is 4. The van der Waals surface area contributed by atoms with Crippen LogP contribution in [0.4, 0.5) is 10.1 Å². The smallest absolute Gasteiger partial charge is 0.199 e. The van der Waals surface area contributed by atoms with E-state index in [0.29, 0.717) is 46.6 Å². The van der Waals surface area contributed by atoms with Crippen molar-refractivity contribution in [2.75, 3.05) is 44.7 Å². The van der Waals surface area contributed by atoms with Gasteiger partial charge in [-0.3, -0.25) is 4.79 Å². The van der Waals surface area contributed by atoms with Gasteiger partial charge in [0.25, 0.3) is 0 Å². The number of anilines is 1. The van der Waals surface area contributed by atoms with Crippen molar-refractivity contribution in [1.82, 2.24) is 14.5 Å². The lowest BCUT2D eigenvalue weighted by molar-refractivity contribution is 0.269. The zero-order valence-electron chi connectivity index (χ0n) is 19.9. The van der Waals surface area contributed by atoms with Crippen LogP contribution in [-0.2, 0) is 0 Å². The average Bonchev–Trinajstić information content (AvgIpc) is 3.22. The number of rotatable bonds is 4. The molecule has 34 heavy (non-hydrogen) atoms. The van der Waals surface area contributed by atoms with Gasteiger partial charge in [0.2, 0.25) is 0 Å². The first-order chi connectivity index (χ1) is 16.4. The van der Waals surface area contributed by atoms with Gasteiger partial charge in [0.05, 0.1) is 35.0 Å². The Kier molecular flexibility index (Phi) is 5.45. The highest BCUT2D eigenvalue weighted by atomic mass is 19.1. The van der Waals surface area contributed by atoms with Crippen LogP contribution in [-0.4, -0.2) is 54.3 Å². The van der Waals surface area contributed by atoms with Crippen LogP contribution in [0.3, 0.4) is 0 Å². The molecule has 5 rings (SSSR count). The third-order valence-electron chi connectivity index (χ3n) is 6.91. The number of aromatic amines is 1. The second-order valence-corrected chi connectivity index (χ2v) is 9.07. The topological polar surface area (TPSA) is 77.3 Å². The van der Waals surface area contributed by atoms with Gasteiger partial charge in [0, 0.05) is 43.1 Å². The van der Waals surface area contributed by atoms with Crippen molar-refractivity contribution < 1.29 is 9.13 Å². The summed E-state index contributed by atoms with van der Waals surface area (Å²) in [7, 11) is 1.51. The summed E-state index contributed by atoms with van der Waals surface area (Å²) < 4.78 is 23.9. The van der Waals surface area contributed by atoms with E-state index in [2.05, 4.69) is 22.9 Å². The molecule has 0 spiro atoms. The second kappa shape index (κ2) is 8.33. The van der Waals surface area contributed by atoms with Crippen LogP contribution in [0, 0.1) is 17.1 Å². The minimum absolute atomic E-state index is 0.123. The molecule has 1 aliphatic heterocycles. The summed E-state index contributed by atoms with van der Waals surface area (Å²) in [5.41, 5.74) is 2.16. The van der Waals surface area contributed by atoms with E-state index >= 15 is 4.39 Å². The molecule has 0 radical (unpaired) electrons. The molecule has 3 heterocycles. The van der Waals surface area contributed by atoms with Crippen LogP contribution in [0.5, 0.6) is 5.75 Å². The zero-order valence-corrected chi connectivity index (χ0v) is 19.9. The number of hydrogen-bond donors (Lipinski definition) is 1. The van der Waals surface area contributed by atoms with Crippen molar-refractivity contribution in [3.8, 4) is 11.8 Å². The molecule has 2 aromatic heterocycles. The summed E-state index contributed by atoms with van der Waals surface area (Å²) in [4.78, 5) is 21.4. The predicted octanol–water partition coefficient (Wildman–Crippen LogP) is 4.38. The molecule has 7 nitrogen and oxygen atoms in total. The molecule has 176 valence electrons. The van der Waals surface area contributed by atoms with Gasteiger partial charge in [-0.05, 0) is 38.6 Å². The van der Waals surface area contributed by atoms with Crippen molar-refractivity contribution in [3.63, 3.8) is 0 Å². The molecular formula is C26H28FN5O2. The number of nitrogens with zero attached hydrogens (tertiary/aromatic N) is 4. The summed E-state index contributed by atoms with van der Waals surface area (Å²) in [6, 6.07) is 8.89. The first kappa shape index (κ1) is 22.2. The zero-order chi connectivity index (χ0) is 24.1. The molecule has 1 fully saturated rings. The molecule has 8 heteroatoms. The van der Waals surface area contributed by atoms with E-state index in [4.69, 9.17) is 4.74 Å². The number of nitriles is 1. The Morgan fingerprint density at radius 1 is 1.18 bits per heavy atom. The predicted molar refractivity (Wildman–Crippen MR) is 134 cm³/mol. The number of methoxy groups -OCH3 is 1. The largest absolute Gasteiger partial charge is 0.494 e. The van der Waals surface area contributed by atoms with Crippen LogP contribution in [0.25, 0.3) is 32.8 Å². The fraction of sp³-hybridized carbons (Fsp3) is 0.385. The number of ether oxygens (including phenoxy) is 1. The molecule has 0 amide bonds. The maximum atomic E-state index is 16.4. The summed E-state index contributed by atoms with van der Waals surface area (Å²) in [6.45, 7) is 10.1. The second-order valence-electron chi connectivity index (χ2n) is 9.07. The first-order valence-corrected chi connectivity index (χ1v) is 11.7. The molecule has 1 aliphatic rings. The molecule has 2 aromatic carbocycles. The Morgan fingerprint density at radius 2 is 1.91 bits per heavy atom. The lowest BCUT2D eigenvalue weighted by atomic mass is 10.1. The quantitative estimate of drug-likeness (QED) is 0.488. The lowest BCUT2D eigenvalue weighted by Crippen LogP contribution is -2.46. The fourth-order valence-electron chi connectivity index (χ4n) is 5.18. The van der Waals surface area contributed by atoms with Gasteiger partial charge >= 0.3 is 0 Å². The number of benzene rings is 2. The summed E-state index contributed by atoms with van der Waals surface area (Å²) in [5, 5.41) is 10.8. The van der Waals surface area contributed by atoms with Gasteiger partial charge in [-0.2, -0.15) is 5.26 Å². The molecule has 0 saturated carbocycles. The van der Waals surface area contributed by atoms with E-state index in [1.807, 2.05) is 23.3 Å². The van der Waals surface area contributed by atoms with Crippen molar-refractivity contribution in [1.29, 1.82) is 5.26 Å². The van der Waals surface area contributed by atoms with E-state index in [0.717, 1.165) is 25.0 Å². The summed E-state index contributed by atoms with van der Waals surface area (Å²) >= 11 is 0. The fourth-order valence-corrected chi connectivity index (χ4v) is 5.18. The normalized spacial score (nSPS) is 15.0. The molecule has 0 aliphatic carbocycles. The number of H-pyrrole nitrogens is 1. The molecule has 4 aromatic rings. The Bertz CT molecular complexity index is 1520. The first-order valence-electron chi connectivity index (χ1n) is 11.7. The number of aromatic nitrogens is 2. The SMILES string of the molecule is CCN1CCN(c2c(OC)cc3c(=O)c4c5ccc(C#N)cc5[nH]c4n(C(C)C)c3c2F)CC1. The van der Waals surface area contributed by atoms with E-state index in [1.54, 1.807) is 24.3 Å². The highest BCUT2D eigenvalue weighted by molar-refractivity contribution is 6.10. The number of pyridine rings is 1. The van der Waals surface area contributed by atoms with Gasteiger partial charge in [-0.15, -0.1) is 0 Å². The number of likely N-dealkylation sites (N-methyl/N-ethyl adjacent to an activating group) is 1. The van der Waals surface area contributed by atoms with Crippen molar-refractivity contribution in [2.45, 2.75) is 26.8 Å². The van der Waals surface area contributed by atoms with Crippen molar-refractivity contribution in [2.24, 2.45) is 0 Å². The van der Waals surface area contributed by atoms with Crippen LogP contribution < -0.4 is 15.1 Å². The van der Waals surface area contributed by atoms with E-state index in [-0.39, 0.29) is 22.4 Å². The van der Waals surface area contributed by atoms with Crippen molar-refractivity contribution >= 4 is 38.5 Å². The Hall–Kier alpha value is -3.57. The van der Waals surface area contributed by atoms with E-state index in [9.17, 15) is 10.1 Å². The average molecular weight is 462 g/mol. The molecular weight excluding hydrogens is 433 g/mol. The standard InChI is InChI=1S/C26H28FN5O2/c1-5-30-8-10-31(11-9-30)24-20(34-4)13-18-23(22(24)27)32(15(2)3)26-21(25(18)33)17-7-6-16(14-28)12-19(17)29-26/h6-7,12-13,15,29H,5,8-11H2,1-4H3. The van der Waals surface area contributed by atoms with Crippen LogP contribution in [0.15, 0.2) is 29.1 Å². The summed E-state index contributed by atoms with van der Waals surface area (Å²) in [5.74, 6) is -0.0725. The van der Waals surface area contributed by atoms with Crippen LogP contribution >= 0.6 is 0 Å². The van der Waals surface area contributed by atoms with Gasteiger partial charge < -0.3 is 24.1 Å². The van der Waals surface area contributed by atoms with E-state index in [1.165, 1.54) is 7.11 Å². The van der Waals surface area contributed by atoms with E-state index < -0.39 is 5.82 Å². The number of halogens is 1. The molecule has 1 N–H and O–H groups in total. The molecule has 0 bridgehead atoms. The number of nitrogens with one attached hydrogen (secondary N) is 1. The number of hydrogen-bond acceptors (Lipinski definition) is 5. The highest BCUT2D eigenvalue weighted by Crippen LogP contribution is 2.39. The summed E-state index contributed by atoms with van der Waals surface area (Å²) in [6.07, 6.45) is 0. The van der Waals surface area contributed by atoms with Gasteiger partial charge in [-0.25, -0.2) is 4.39 Å². The third kappa shape index (κ3) is 3.23. The Morgan fingerprint density at radius 3 is 2.53 bits per heavy atom. The van der Waals surface area contributed by atoms with Crippen molar-refractivity contribution in [3.05, 3.63) is 45.9 Å². The maximum Gasteiger partial charge on any atom is 0.199 e. The molecule has 0 atom stereocenters. The van der Waals surface area contributed by atoms with Crippen LogP contribution in [0.2, 0.25) is 0 Å². The Labute approximate surface area is 196 Å². The van der Waals surface area contributed by atoms with Gasteiger partial charge in [-0.1, -0.05) is 13.0 Å². The maximum absolute atomic E-state index is 16.4. The van der Waals surface area contributed by atoms with Crippen LogP contribution in [0.1, 0.15) is 32.4 Å². The minimum Gasteiger partial charge on any atom is -0.494 e. The highest BCUT2D eigenvalue weighted by Gasteiger charge is 2.28. The lowest BCUT2D eigenvalue weighted by Gasteiger charge is -2.36. The monoisotopic (exact) mass is 461 g/mol. The minimum atomic E-state index is -0.441. The van der Waals surface area contributed by atoms with Gasteiger partial charge in [0.15, 0.2) is 11.2 Å². The Balaban J connectivity index is 1.87. The number of piperazine rings is 1. The van der Waals surface area contributed by atoms with Gasteiger partial charge in [0.1, 0.15) is 17.1 Å². The molecule has 0 unspecified atom stereocenters. The molecule has 1 saturated heterocycles. The third-order valence-corrected chi connectivity index (χ3v) is 6.91.